The first-order valence-electron chi connectivity index (χ1n) is 6.78. The maximum absolute atomic E-state index is 12.5. The number of sulfone groups is 1. The van der Waals surface area contributed by atoms with E-state index in [4.69, 9.17) is 0 Å². The average molecular weight is 412 g/mol. The van der Waals surface area contributed by atoms with Crippen LogP contribution in [0.5, 0.6) is 0 Å². The van der Waals surface area contributed by atoms with Crippen molar-refractivity contribution in [3.8, 4) is 0 Å². The predicted molar refractivity (Wildman–Crippen MR) is 92.9 cm³/mol. The SMILES string of the molecule is CS(=O)(=O)C1(C(=O)NCc2ccc(Br)cc2)CCNCC1.Cl. The molecule has 1 aromatic carbocycles. The molecule has 1 fully saturated rings. The lowest BCUT2D eigenvalue weighted by molar-refractivity contribution is -0.124. The third-order valence-electron chi connectivity index (χ3n) is 3.90. The van der Waals surface area contributed by atoms with Gasteiger partial charge < -0.3 is 10.6 Å². The first-order valence-corrected chi connectivity index (χ1v) is 9.47. The summed E-state index contributed by atoms with van der Waals surface area (Å²) in [5.41, 5.74) is 0.934. The largest absolute Gasteiger partial charge is 0.351 e. The summed E-state index contributed by atoms with van der Waals surface area (Å²) in [6, 6.07) is 7.55. The quantitative estimate of drug-likeness (QED) is 0.790. The molecule has 1 aliphatic rings. The maximum atomic E-state index is 12.5. The molecule has 1 amide bonds. The summed E-state index contributed by atoms with van der Waals surface area (Å²) in [7, 11) is -3.46. The van der Waals surface area contributed by atoms with Crippen LogP contribution in [0.1, 0.15) is 18.4 Å². The van der Waals surface area contributed by atoms with Gasteiger partial charge in [0.1, 0.15) is 0 Å². The van der Waals surface area contributed by atoms with Crippen molar-refractivity contribution in [2.45, 2.75) is 24.1 Å². The number of hydrogen-bond donors (Lipinski definition) is 2. The number of benzene rings is 1. The highest BCUT2D eigenvalue weighted by Gasteiger charge is 2.48. The Labute approximate surface area is 145 Å². The van der Waals surface area contributed by atoms with Crippen molar-refractivity contribution in [1.82, 2.24) is 10.6 Å². The number of halogens is 2. The molecule has 2 rings (SSSR count). The second-order valence-electron chi connectivity index (χ2n) is 5.33. The zero-order valence-corrected chi connectivity index (χ0v) is 15.5. The number of carbonyl (C=O) groups is 1. The molecule has 1 saturated heterocycles. The predicted octanol–water partition coefficient (Wildman–Crippen LogP) is 1.65. The van der Waals surface area contributed by atoms with Crippen molar-refractivity contribution in [1.29, 1.82) is 0 Å². The normalized spacial score (nSPS) is 17.4. The summed E-state index contributed by atoms with van der Waals surface area (Å²) in [4.78, 5) is 12.5. The zero-order valence-electron chi connectivity index (χ0n) is 12.3. The van der Waals surface area contributed by atoms with Crippen molar-refractivity contribution in [2.75, 3.05) is 19.3 Å². The van der Waals surface area contributed by atoms with Crippen molar-refractivity contribution < 1.29 is 13.2 Å². The molecule has 124 valence electrons. The Morgan fingerprint density at radius 3 is 2.32 bits per heavy atom. The second kappa shape index (κ2) is 7.77. The van der Waals surface area contributed by atoms with Crippen LogP contribution in [0.25, 0.3) is 0 Å². The summed E-state index contributed by atoms with van der Waals surface area (Å²) in [5, 5.41) is 5.87. The number of amides is 1. The molecule has 0 bridgehead atoms. The summed E-state index contributed by atoms with van der Waals surface area (Å²) in [6.07, 6.45) is 1.79. The fraction of sp³-hybridized carbons (Fsp3) is 0.500. The molecule has 2 N–H and O–H groups in total. The van der Waals surface area contributed by atoms with Crippen molar-refractivity contribution >= 4 is 44.1 Å². The molecular formula is C14H20BrClN2O3S. The van der Waals surface area contributed by atoms with E-state index in [1.165, 1.54) is 0 Å². The van der Waals surface area contributed by atoms with Gasteiger partial charge in [0.15, 0.2) is 14.6 Å². The summed E-state index contributed by atoms with van der Waals surface area (Å²) in [6.45, 7) is 1.41. The van der Waals surface area contributed by atoms with Gasteiger partial charge in [-0.1, -0.05) is 28.1 Å². The highest BCUT2D eigenvalue weighted by molar-refractivity contribution is 9.10. The van der Waals surface area contributed by atoms with Crippen LogP contribution in [0.3, 0.4) is 0 Å². The molecule has 0 unspecified atom stereocenters. The van der Waals surface area contributed by atoms with Gasteiger partial charge in [-0.05, 0) is 43.6 Å². The van der Waals surface area contributed by atoms with Crippen molar-refractivity contribution in [3.05, 3.63) is 34.3 Å². The molecule has 0 saturated carbocycles. The van der Waals surface area contributed by atoms with Crippen molar-refractivity contribution in [3.63, 3.8) is 0 Å². The number of nitrogens with one attached hydrogen (secondary N) is 2. The Morgan fingerprint density at radius 1 is 1.27 bits per heavy atom. The van der Waals surface area contributed by atoms with E-state index in [1.807, 2.05) is 24.3 Å². The Bertz CT molecular complexity index is 613. The lowest BCUT2D eigenvalue weighted by Gasteiger charge is -2.34. The Morgan fingerprint density at radius 2 is 1.82 bits per heavy atom. The first-order chi connectivity index (χ1) is 9.85. The average Bonchev–Trinajstić information content (AvgIpc) is 2.46. The fourth-order valence-electron chi connectivity index (χ4n) is 2.54. The van der Waals surface area contributed by atoms with Gasteiger partial charge in [0, 0.05) is 17.3 Å². The van der Waals surface area contributed by atoms with Crippen LogP contribution in [-0.2, 0) is 21.2 Å². The Kier molecular flexibility index (Phi) is 6.85. The lowest BCUT2D eigenvalue weighted by atomic mass is 9.95. The molecule has 0 atom stereocenters. The molecule has 0 aromatic heterocycles. The standard InChI is InChI=1S/C14H19BrN2O3S.ClH/c1-21(19,20)14(6-8-16-9-7-14)13(18)17-10-11-2-4-12(15)5-3-11;/h2-5,16H,6-10H2,1H3,(H,17,18);1H. The Balaban J connectivity index is 0.00000242. The van der Waals surface area contributed by atoms with Crippen LogP contribution in [0.2, 0.25) is 0 Å². The second-order valence-corrected chi connectivity index (χ2v) is 8.57. The molecule has 0 spiro atoms. The summed E-state index contributed by atoms with van der Waals surface area (Å²) >= 11 is 3.35. The zero-order chi connectivity index (χ0) is 15.5. The van der Waals surface area contributed by atoms with Crippen LogP contribution in [-0.4, -0.2) is 38.4 Å². The first kappa shape index (κ1) is 19.4. The number of rotatable bonds is 4. The number of carbonyl (C=O) groups excluding carboxylic acids is 1. The lowest BCUT2D eigenvalue weighted by Crippen LogP contribution is -2.57. The minimum Gasteiger partial charge on any atom is -0.351 e. The molecule has 1 heterocycles. The van der Waals surface area contributed by atoms with E-state index in [2.05, 4.69) is 26.6 Å². The van der Waals surface area contributed by atoms with Crippen LogP contribution in [0.4, 0.5) is 0 Å². The van der Waals surface area contributed by atoms with Gasteiger partial charge in [-0.3, -0.25) is 4.79 Å². The molecule has 0 radical (unpaired) electrons. The highest BCUT2D eigenvalue weighted by Crippen LogP contribution is 2.28. The maximum Gasteiger partial charge on any atom is 0.241 e. The van der Waals surface area contributed by atoms with Gasteiger partial charge in [-0.15, -0.1) is 12.4 Å². The molecule has 22 heavy (non-hydrogen) atoms. The highest BCUT2D eigenvalue weighted by atomic mass is 79.9. The third-order valence-corrected chi connectivity index (χ3v) is 6.44. The van der Waals surface area contributed by atoms with E-state index in [1.54, 1.807) is 0 Å². The summed E-state index contributed by atoms with van der Waals surface area (Å²) in [5.74, 6) is -0.394. The van der Waals surface area contributed by atoms with Gasteiger partial charge in [0.25, 0.3) is 0 Å². The minimum atomic E-state index is -3.46. The molecule has 1 aliphatic heterocycles. The molecule has 0 aliphatic carbocycles. The smallest absolute Gasteiger partial charge is 0.241 e. The monoisotopic (exact) mass is 410 g/mol. The molecule has 1 aromatic rings. The van der Waals surface area contributed by atoms with E-state index in [-0.39, 0.29) is 12.4 Å². The van der Waals surface area contributed by atoms with Gasteiger partial charge in [-0.25, -0.2) is 8.42 Å². The van der Waals surface area contributed by atoms with E-state index in [0.29, 0.717) is 32.5 Å². The van der Waals surface area contributed by atoms with E-state index < -0.39 is 20.5 Å². The van der Waals surface area contributed by atoms with E-state index >= 15 is 0 Å². The van der Waals surface area contributed by atoms with Crippen LogP contribution < -0.4 is 10.6 Å². The van der Waals surface area contributed by atoms with Gasteiger partial charge in [0.2, 0.25) is 5.91 Å². The topological polar surface area (TPSA) is 75.3 Å². The minimum absolute atomic E-state index is 0. The molecular weight excluding hydrogens is 392 g/mol. The Hall–Kier alpha value is -0.630. The van der Waals surface area contributed by atoms with Gasteiger partial charge in [0.05, 0.1) is 0 Å². The number of hydrogen-bond acceptors (Lipinski definition) is 4. The molecule has 8 heteroatoms. The number of piperidine rings is 1. The fourth-order valence-corrected chi connectivity index (χ4v) is 4.16. The van der Waals surface area contributed by atoms with Crippen LogP contribution >= 0.6 is 28.3 Å². The third kappa shape index (κ3) is 4.22. The van der Waals surface area contributed by atoms with Crippen molar-refractivity contribution in [2.24, 2.45) is 0 Å². The van der Waals surface area contributed by atoms with E-state index in [9.17, 15) is 13.2 Å². The van der Waals surface area contributed by atoms with Crippen LogP contribution in [0.15, 0.2) is 28.7 Å². The van der Waals surface area contributed by atoms with Gasteiger partial charge in [-0.2, -0.15) is 0 Å². The van der Waals surface area contributed by atoms with Crippen LogP contribution in [0, 0.1) is 0 Å². The van der Waals surface area contributed by atoms with Gasteiger partial charge >= 0.3 is 0 Å². The van der Waals surface area contributed by atoms with E-state index in [0.717, 1.165) is 16.3 Å². The molecule has 5 nitrogen and oxygen atoms in total. The summed E-state index contributed by atoms with van der Waals surface area (Å²) < 4.78 is 23.9.